The second kappa shape index (κ2) is 3.85. The second-order valence-corrected chi connectivity index (χ2v) is 5.01. The molecule has 4 nitrogen and oxygen atoms in total. The molecule has 0 spiro atoms. The van der Waals surface area contributed by atoms with Crippen molar-refractivity contribution < 1.29 is 9.59 Å². The molecule has 84 valence electrons. The van der Waals surface area contributed by atoms with Crippen LogP contribution in [-0.2, 0) is 0 Å². The van der Waals surface area contributed by atoms with Gasteiger partial charge in [-0.15, -0.1) is 0 Å². The lowest BCUT2D eigenvalue weighted by Gasteiger charge is -2.09. The average Bonchev–Trinajstić information content (AvgIpc) is 2.48. The number of nitrogens with two attached hydrogens (primary N) is 1. The first-order chi connectivity index (χ1) is 7.49. The molecule has 0 bridgehead atoms. The van der Waals surface area contributed by atoms with E-state index in [2.05, 4.69) is 31.9 Å². The van der Waals surface area contributed by atoms with E-state index in [0.29, 0.717) is 32.3 Å². The molecule has 2 rings (SSSR count). The molecular weight excluding hydrogens is 340 g/mol. The Morgan fingerprint density at radius 2 is 1.94 bits per heavy atom. The summed E-state index contributed by atoms with van der Waals surface area (Å²) in [6.45, 7) is 2.12. The van der Waals surface area contributed by atoms with Crippen molar-refractivity contribution in [3.05, 3.63) is 26.1 Å². The van der Waals surface area contributed by atoms with Gasteiger partial charge in [0.25, 0.3) is 11.8 Å². The molecule has 0 radical (unpaired) electrons. The fourth-order valence-electron chi connectivity index (χ4n) is 1.67. The third-order valence-electron chi connectivity index (χ3n) is 2.50. The summed E-state index contributed by atoms with van der Waals surface area (Å²) in [6.07, 6.45) is 0. The number of rotatable bonds is 1. The zero-order valence-electron chi connectivity index (χ0n) is 8.38. The van der Waals surface area contributed by atoms with E-state index in [9.17, 15) is 9.59 Å². The predicted octanol–water partition coefficient (Wildman–Crippen LogP) is 2.41. The highest BCUT2D eigenvalue weighted by Gasteiger charge is 2.37. The van der Waals surface area contributed by atoms with E-state index in [1.807, 2.05) is 0 Å². The van der Waals surface area contributed by atoms with Gasteiger partial charge in [0.2, 0.25) is 0 Å². The minimum absolute atomic E-state index is 0.274. The number of imide groups is 1. The third kappa shape index (κ3) is 1.40. The van der Waals surface area contributed by atoms with Gasteiger partial charge < -0.3 is 5.73 Å². The van der Waals surface area contributed by atoms with E-state index in [4.69, 9.17) is 5.73 Å². The summed E-state index contributed by atoms with van der Waals surface area (Å²) in [5.74, 6) is -0.572. The second-order valence-electron chi connectivity index (χ2n) is 3.36. The maximum atomic E-state index is 11.9. The lowest BCUT2D eigenvalue weighted by molar-refractivity contribution is 0.0662. The molecule has 0 saturated heterocycles. The van der Waals surface area contributed by atoms with Crippen molar-refractivity contribution in [2.45, 2.75) is 6.92 Å². The highest BCUT2D eigenvalue weighted by molar-refractivity contribution is 9.11. The number of carbonyl (C=O) groups is 2. The van der Waals surface area contributed by atoms with Crippen LogP contribution in [0.15, 0.2) is 15.0 Å². The van der Waals surface area contributed by atoms with Gasteiger partial charge in [-0.3, -0.25) is 14.5 Å². The van der Waals surface area contributed by atoms with E-state index in [1.165, 1.54) is 4.90 Å². The summed E-state index contributed by atoms with van der Waals surface area (Å²) in [5, 5.41) is 0. The number of carbonyl (C=O) groups excluding carboxylic acids is 2. The Labute approximate surface area is 109 Å². The van der Waals surface area contributed by atoms with Crippen LogP contribution in [0, 0.1) is 0 Å². The molecule has 6 heteroatoms. The monoisotopic (exact) mass is 346 g/mol. The van der Waals surface area contributed by atoms with Crippen LogP contribution in [0.3, 0.4) is 0 Å². The third-order valence-corrected chi connectivity index (χ3v) is 3.98. The Balaban J connectivity index is 2.73. The van der Waals surface area contributed by atoms with Gasteiger partial charge in [0.1, 0.15) is 0 Å². The molecule has 0 saturated carbocycles. The Hall–Kier alpha value is -0.880. The predicted molar refractivity (Wildman–Crippen MR) is 67.3 cm³/mol. The molecule has 0 atom stereocenters. The van der Waals surface area contributed by atoms with Crippen LogP contribution in [0.4, 0.5) is 5.69 Å². The molecule has 0 aromatic heterocycles. The lowest BCUT2D eigenvalue weighted by atomic mass is 10.1. The van der Waals surface area contributed by atoms with Crippen LogP contribution >= 0.6 is 31.9 Å². The highest BCUT2D eigenvalue weighted by Crippen LogP contribution is 2.38. The van der Waals surface area contributed by atoms with Crippen LogP contribution in [0.5, 0.6) is 0 Å². The molecule has 2 N–H and O–H groups in total. The van der Waals surface area contributed by atoms with Gasteiger partial charge in [-0.05, 0) is 44.8 Å². The summed E-state index contributed by atoms with van der Waals surface area (Å²) in [4.78, 5) is 25.0. The first-order valence-electron chi connectivity index (χ1n) is 4.62. The highest BCUT2D eigenvalue weighted by atomic mass is 79.9. The fraction of sp³-hybridized carbons (Fsp3) is 0.200. The Morgan fingerprint density at radius 3 is 2.50 bits per heavy atom. The number of benzene rings is 1. The minimum atomic E-state index is -0.298. The lowest BCUT2D eigenvalue weighted by Crippen LogP contribution is -2.29. The van der Waals surface area contributed by atoms with E-state index in [1.54, 1.807) is 13.0 Å². The van der Waals surface area contributed by atoms with Crippen molar-refractivity contribution in [1.29, 1.82) is 0 Å². The van der Waals surface area contributed by atoms with Gasteiger partial charge in [-0.2, -0.15) is 0 Å². The normalized spacial score (nSPS) is 14.6. The molecule has 16 heavy (non-hydrogen) atoms. The standard InChI is InChI=1S/C10H8Br2N2O2/c1-2-14-9(15)4-3-5(11)8(13)7(12)6(4)10(14)16/h3H,2,13H2,1H3. The molecular formula is C10H8Br2N2O2. The van der Waals surface area contributed by atoms with Crippen LogP contribution in [0.25, 0.3) is 0 Å². The number of halogens is 2. The van der Waals surface area contributed by atoms with Gasteiger partial charge in [0.15, 0.2) is 0 Å². The van der Waals surface area contributed by atoms with Crippen molar-refractivity contribution in [1.82, 2.24) is 4.90 Å². The van der Waals surface area contributed by atoms with Crippen LogP contribution < -0.4 is 5.73 Å². The number of hydrogen-bond donors (Lipinski definition) is 1. The number of nitrogens with zero attached hydrogens (tertiary/aromatic N) is 1. The van der Waals surface area contributed by atoms with Gasteiger partial charge in [0, 0.05) is 11.0 Å². The molecule has 0 aliphatic carbocycles. The van der Waals surface area contributed by atoms with E-state index < -0.39 is 0 Å². The molecule has 1 aliphatic heterocycles. The topological polar surface area (TPSA) is 63.4 Å². The van der Waals surface area contributed by atoms with Gasteiger partial charge in [-0.1, -0.05) is 0 Å². The molecule has 0 fully saturated rings. The van der Waals surface area contributed by atoms with Crippen LogP contribution in [-0.4, -0.2) is 23.3 Å². The number of amides is 2. The number of hydrogen-bond acceptors (Lipinski definition) is 3. The van der Waals surface area contributed by atoms with Crippen LogP contribution in [0.1, 0.15) is 27.6 Å². The summed E-state index contributed by atoms with van der Waals surface area (Å²) in [7, 11) is 0. The smallest absolute Gasteiger partial charge is 0.262 e. The quantitative estimate of drug-likeness (QED) is 0.626. The maximum Gasteiger partial charge on any atom is 0.262 e. The number of nitrogen functional groups attached to an aromatic ring is 1. The minimum Gasteiger partial charge on any atom is -0.397 e. The summed E-state index contributed by atoms with van der Waals surface area (Å²) in [6, 6.07) is 1.59. The Bertz CT molecular complexity index is 514. The van der Waals surface area contributed by atoms with Gasteiger partial charge >= 0.3 is 0 Å². The van der Waals surface area contributed by atoms with Crippen molar-refractivity contribution in [2.75, 3.05) is 12.3 Å². The van der Waals surface area contributed by atoms with E-state index in [0.717, 1.165) is 0 Å². The summed E-state index contributed by atoms with van der Waals surface area (Å²) >= 11 is 6.50. The SMILES string of the molecule is CCN1C(=O)c2cc(Br)c(N)c(Br)c2C1=O. The Kier molecular flexibility index (Phi) is 2.79. The maximum absolute atomic E-state index is 11.9. The molecule has 2 amide bonds. The molecule has 1 aromatic rings. The first kappa shape index (κ1) is 11.6. The average molecular weight is 348 g/mol. The van der Waals surface area contributed by atoms with E-state index >= 15 is 0 Å². The largest absolute Gasteiger partial charge is 0.397 e. The first-order valence-corrected chi connectivity index (χ1v) is 6.21. The fourth-order valence-corrected chi connectivity index (χ4v) is 2.96. The molecule has 0 unspecified atom stereocenters. The Morgan fingerprint density at radius 1 is 1.31 bits per heavy atom. The van der Waals surface area contributed by atoms with Gasteiger partial charge in [-0.25, -0.2) is 0 Å². The summed E-state index contributed by atoms with van der Waals surface area (Å²) in [5.41, 5.74) is 6.95. The zero-order chi connectivity index (χ0) is 12.0. The van der Waals surface area contributed by atoms with Crippen molar-refractivity contribution in [3.8, 4) is 0 Å². The zero-order valence-corrected chi connectivity index (χ0v) is 11.6. The molecule has 1 aromatic carbocycles. The summed E-state index contributed by atoms with van der Waals surface area (Å²) < 4.78 is 1.09. The number of anilines is 1. The number of fused-ring (bicyclic) bond motifs is 1. The van der Waals surface area contributed by atoms with Gasteiger partial charge in [0.05, 0.1) is 21.3 Å². The molecule has 1 heterocycles. The van der Waals surface area contributed by atoms with Crippen LogP contribution in [0.2, 0.25) is 0 Å². The van der Waals surface area contributed by atoms with Crippen molar-refractivity contribution in [2.24, 2.45) is 0 Å². The van der Waals surface area contributed by atoms with Crippen molar-refractivity contribution in [3.63, 3.8) is 0 Å². The molecule has 1 aliphatic rings. The van der Waals surface area contributed by atoms with E-state index in [-0.39, 0.29) is 11.8 Å². The van der Waals surface area contributed by atoms with Crippen molar-refractivity contribution >= 4 is 49.4 Å².